The zero-order valence-corrected chi connectivity index (χ0v) is 9.18. The summed E-state index contributed by atoms with van der Waals surface area (Å²) in [5, 5.41) is 0. The van der Waals surface area contributed by atoms with Gasteiger partial charge in [0, 0.05) is 29.4 Å². The topological polar surface area (TPSA) is 26.3 Å². The summed E-state index contributed by atoms with van der Waals surface area (Å²) in [5.74, 6) is 3.41. The first-order chi connectivity index (χ1) is 7.34. The summed E-state index contributed by atoms with van der Waals surface area (Å²) in [6.45, 7) is 0.756. The Hall–Kier alpha value is -0.960. The lowest BCUT2D eigenvalue weighted by molar-refractivity contribution is 0.0938. The fourth-order valence-corrected chi connectivity index (χ4v) is 2.72. The molecule has 1 aromatic carbocycles. The molecule has 3 rings (SSSR count). The maximum atomic E-state index is 12.0. The molecule has 2 aliphatic rings. The van der Waals surface area contributed by atoms with Crippen molar-refractivity contribution < 1.29 is 9.53 Å². The Balaban J connectivity index is 1.88. The highest BCUT2D eigenvalue weighted by atomic mass is 32.2. The summed E-state index contributed by atoms with van der Waals surface area (Å²) in [5.41, 5.74) is 2.05. The van der Waals surface area contributed by atoms with E-state index in [0.29, 0.717) is 0 Å². The first-order valence-corrected chi connectivity index (χ1v) is 6.38. The number of thioether (sulfide) groups is 1. The summed E-state index contributed by atoms with van der Waals surface area (Å²) in [7, 11) is 0. The molecule has 0 spiro atoms. The van der Waals surface area contributed by atoms with Gasteiger partial charge in [0.05, 0.1) is 6.61 Å². The summed E-state index contributed by atoms with van der Waals surface area (Å²) >= 11 is 1.84. The van der Waals surface area contributed by atoms with Crippen molar-refractivity contribution in [2.24, 2.45) is 5.92 Å². The Morgan fingerprint density at radius 3 is 3.00 bits per heavy atom. The van der Waals surface area contributed by atoms with Crippen LogP contribution in [-0.2, 0) is 6.42 Å². The third kappa shape index (κ3) is 1.55. The largest absolute Gasteiger partial charge is 0.493 e. The second-order valence-corrected chi connectivity index (χ2v) is 5.09. The monoisotopic (exact) mass is 220 g/mol. The smallest absolute Gasteiger partial charge is 0.167 e. The molecule has 2 heterocycles. The molecule has 0 aliphatic carbocycles. The molecule has 1 aromatic rings. The zero-order chi connectivity index (χ0) is 10.3. The van der Waals surface area contributed by atoms with Gasteiger partial charge < -0.3 is 4.74 Å². The molecule has 1 saturated heterocycles. The summed E-state index contributed by atoms with van der Waals surface area (Å²) in [6, 6.07) is 5.88. The van der Waals surface area contributed by atoms with Crippen molar-refractivity contribution >= 4 is 17.5 Å². The van der Waals surface area contributed by atoms with Crippen molar-refractivity contribution in [2.75, 3.05) is 18.1 Å². The lowest BCUT2D eigenvalue weighted by Crippen LogP contribution is -2.27. The van der Waals surface area contributed by atoms with E-state index in [4.69, 9.17) is 4.74 Å². The van der Waals surface area contributed by atoms with Gasteiger partial charge in [0.25, 0.3) is 0 Å². The highest BCUT2D eigenvalue weighted by Gasteiger charge is 2.27. The number of hydrogen-bond donors (Lipinski definition) is 0. The SMILES string of the molecule is O=C(c1ccc2c(c1)OCC2)C1CSC1. The van der Waals surface area contributed by atoms with Gasteiger partial charge in [0.1, 0.15) is 5.75 Å². The minimum Gasteiger partial charge on any atom is -0.493 e. The van der Waals surface area contributed by atoms with E-state index in [-0.39, 0.29) is 11.7 Å². The van der Waals surface area contributed by atoms with Gasteiger partial charge in [-0.2, -0.15) is 11.8 Å². The van der Waals surface area contributed by atoms with Crippen molar-refractivity contribution in [3.05, 3.63) is 29.3 Å². The van der Waals surface area contributed by atoms with Crippen LogP contribution in [0.4, 0.5) is 0 Å². The van der Waals surface area contributed by atoms with E-state index < -0.39 is 0 Å². The number of fused-ring (bicyclic) bond motifs is 1. The Morgan fingerprint density at radius 2 is 2.27 bits per heavy atom. The second kappa shape index (κ2) is 3.56. The fourth-order valence-electron chi connectivity index (χ4n) is 1.94. The number of carbonyl (C=O) groups is 1. The lowest BCUT2D eigenvalue weighted by atomic mass is 9.98. The quantitative estimate of drug-likeness (QED) is 0.714. The van der Waals surface area contributed by atoms with Crippen molar-refractivity contribution in [1.29, 1.82) is 0 Å². The molecular formula is C12H12O2S. The Morgan fingerprint density at radius 1 is 1.40 bits per heavy atom. The number of rotatable bonds is 2. The van der Waals surface area contributed by atoms with Crippen LogP contribution in [0.25, 0.3) is 0 Å². The normalized spacial score (nSPS) is 19.2. The Kier molecular flexibility index (Phi) is 2.20. The van der Waals surface area contributed by atoms with Gasteiger partial charge in [-0.1, -0.05) is 12.1 Å². The molecule has 3 heteroatoms. The number of benzene rings is 1. The number of hydrogen-bond acceptors (Lipinski definition) is 3. The van der Waals surface area contributed by atoms with Gasteiger partial charge in [0.2, 0.25) is 0 Å². The molecule has 15 heavy (non-hydrogen) atoms. The molecular weight excluding hydrogens is 208 g/mol. The van der Waals surface area contributed by atoms with Crippen LogP contribution in [0.1, 0.15) is 15.9 Å². The third-order valence-electron chi connectivity index (χ3n) is 2.99. The maximum absolute atomic E-state index is 12.0. The minimum absolute atomic E-state index is 0.245. The van der Waals surface area contributed by atoms with Crippen LogP contribution < -0.4 is 4.74 Å². The van der Waals surface area contributed by atoms with Crippen molar-refractivity contribution in [3.63, 3.8) is 0 Å². The molecule has 1 fully saturated rings. The van der Waals surface area contributed by atoms with Crippen molar-refractivity contribution in [2.45, 2.75) is 6.42 Å². The fraction of sp³-hybridized carbons (Fsp3) is 0.417. The first-order valence-electron chi connectivity index (χ1n) is 5.22. The molecule has 2 nitrogen and oxygen atoms in total. The number of Topliss-reactive ketones (excluding diaryl/α,β-unsaturated/α-hetero) is 1. The van der Waals surface area contributed by atoms with Gasteiger partial charge in [0.15, 0.2) is 5.78 Å². The van der Waals surface area contributed by atoms with Crippen LogP contribution in [0.5, 0.6) is 5.75 Å². The molecule has 0 bridgehead atoms. The van der Waals surface area contributed by atoms with Gasteiger partial charge in [-0.3, -0.25) is 4.79 Å². The highest BCUT2D eigenvalue weighted by Crippen LogP contribution is 2.31. The number of carbonyl (C=O) groups excluding carboxylic acids is 1. The molecule has 0 radical (unpaired) electrons. The van der Waals surface area contributed by atoms with E-state index in [1.54, 1.807) is 0 Å². The Labute approximate surface area is 93.0 Å². The van der Waals surface area contributed by atoms with Crippen LogP contribution in [0, 0.1) is 5.92 Å². The minimum atomic E-state index is 0.245. The molecule has 0 atom stereocenters. The molecule has 0 saturated carbocycles. The summed E-state index contributed by atoms with van der Waals surface area (Å²) < 4.78 is 5.46. The van der Waals surface area contributed by atoms with Crippen LogP contribution in [-0.4, -0.2) is 23.9 Å². The van der Waals surface area contributed by atoms with Gasteiger partial charge >= 0.3 is 0 Å². The lowest BCUT2D eigenvalue weighted by Gasteiger charge is -2.23. The highest BCUT2D eigenvalue weighted by molar-refractivity contribution is 8.00. The molecule has 0 aromatic heterocycles. The van der Waals surface area contributed by atoms with Crippen molar-refractivity contribution in [1.82, 2.24) is 0 Å². The van der Waals surface area contributed by atoms with Gasteiger partial charge in [-0.05, 0) is 11.6 Å². The summed E-state index contributed by atoms with van der Waals surface area (Å²) in [6.07, 6.45) is 0.975. The van der Waals surface area contributed by atoms with Gasteiger partial charge in [-0.25, -0.2) is 0 Å². The van der Waals surface area contributed by atoms with E-state index in [0.717, 1.165) is 35.8 Å². The molecule has 78 valence electrons. The molecule has 2 aliphatic heterocycles. The summed E-state index contributed by atoms with van der Waals surface area (Å²) in [4.78, 5) is 12.0. The van der Waals surface area contributed by atoms with Crippen LogP contribution >= 0.6 is 11.8 Å². The zero-order valence-electron chi connectivity index (χ0n) is 8.36. The number of ether oxygens (including phenoxy) is 1. The number of ketones is 1. The average molecular weight is 220 g/mol. The third-order valence-corrected chi connectivity index (χ3v) is 4.27. The van der Waals surface area contributed by atoms with Crippen LogP contribution in [0.3, 0.4) is 0 Å². The molecule has 0 amide bonds. The molecule has 0 N–H and O–H groups in total. The van der Waals surface area contributed by atoms with E-state index in [1.165, 1.54) is 5.56 Å². The van der Waals surface area contributed by atoms with E-state index in [2.05, 4.69) is 0 Å². The average Bonchev–Trinajstić information content (AvgIpc) is 2.61. The van der Waals surface area contributed by atoms with E-state index >= 15 is 0 Å². The predicted octanol–water partition coefficient (Wildman–Crippen LogP) is 2.17. The van der Waals surface area contributed by atoms with Crippen LogP contribution in [0.15, 0.2) is 18.2 Å². The Bertz CT molecular complexity index is 410. The van der Waals surface area contributed by atoms with E-state index in [1.807, 2.05) is 30.0 Å². The molecule has 0 unspecified atom stereocenters. The standard InChI is InChI=1S/C12H12O2S/c13-12(10-6-15-7-10)9-2-1-8-3-4-14-11(8)5-9/h1-2,5,10H,3-4,6-7H2. The first kappa shape index (κ1) is 9.28. The van der Waals surface area contributed by atoms with E-state index in [9.17, 15) is 4.79 Å². The predicted molar refractivity (Wildman–Crippen MR) is 60.8 cm³/mol. The maximum Gasteiger partial charge on any atom is 0.167 e. The van der Waals surface area contributed by atoms with Crippen LogP contribution in [0.2, 0.25) is 0 Å². The second-order valence-electron chi connectivity index (χ2n) is 4.02. The van der Waals surface area contributed by atoms with Crippen molar-refractivity contribution in [3.8, 4) is 5.75 Å². The van der Waals surface area contributed by atoms with Gasteiger partial charge in [-0.15, -0.1) is 0 Å².